The van der Waals surface area contributed by atoms with E-state index in [2.05, 4.69) is 33.8 Å². The van der Waals surface area contributed by atoms with E-state index in [-0.39, 0.29) is 30.9 Å². The quantitative estimate of drug-likeness (QED) is 0.168. The first kappa shape index (κ1) is 31.1. The molecule has 0 fully saturated rings. The van der Waals surface area contributed by atoms with E-state index < -0.39 is 5.97 Å². The van der Waals surface area contributed by atoms with Crippen LogP contribution in [-0.2, 0) is 49.6 Å². The Labute approximate surface area is 250 Å². The highest BCUT2D eigenvalue weighted by Crippen LogP contribution is 2.31. The van der Waals surface area contributed by atoms with Crippen LogP contribution in [0.1, 0.15) is 65.3 Å². The maximum absolute atomic E-state index is 12.3. The van der Waals surface area contributed by atoms with Crippen LogP contribution in [-0.4, -0.2) is 52.0 Å². The number of rotatable bonds is 14. The largest absolute Gasteiger partial charge is 0.481 e. The minimum atomic E-state index is -0.895. The Morgan fingerprint density at radius 3 is 2.26 bits per heavy atom. The van der Waals surface area contributed by atoms with Gasteiger partial charge in [-0.15, -0.1) is 0 Å². The van der Waals surface area contributed by atoms with Gasteiger partial charge in [-0.3, -0.25) is 19.2 Å². The number of carbonyl (C=O) groups is 4. The number of aromatic nitrogens is 2. The van der Waals surface area contributed by atoms with E-state index in [1.54, 1.807) is 13.0 Å². The molecule has 10 heteroatoms. The van der Waals surface area contributed by atoms with Crippen LogP contribution in [0.5, 0.6) is 0 Å². The number of ether oxygens (including phenoxy) is 1. The van der Waals surface area contributed by atoms with Gasteiger partial charge in [0.2, 0.25) is 5.91 Å². The van der Waals surface area contributed by atoms with Crippen LogP contribution in [0.4, 0.5) is 0 Å². The summed E-state index contributed by atoms with van der Waals surface area (Å²) in [7, 11) is 0. The first-order valence-electron chi connectivity index (χ1n) is 14.2. The van der Waals surface area contributed by atoms with Gasteiger partial charge in [0.1, 0.15) is 0 Å². The van der Waals surface area contributed by atoms with Gasteiger partial charge < -0.3 is 30.4 Å². The Balaban J connectivity index is 1.74. The Bertz CT molecular complexity index is 1610. The van der Waals surface area contributed by atoms with E-state index in [0.29, 0.717) is 49.0 Å². The Morgan fingerprint density at radius 1 is 0.930 bits per heavy atom. The minimum Gasteiger partial charge on any atom is -0.481 e. The van der Waals surface area contributed by atoms with Gasteiger partial charge in [0, 0.05) is 65.3 Å². The van der Waals surface area contributed by atoms with E-state index in [0.717, 1.165) is 56.2 Å². The third-order valence-corrected chi connectivity index (χ3v) is 8.43. The third kappa shape index (κ3) is 6.33. The zero-order valence-electron chi connectivity index (χ0n) is 25.0. The summed E-state index contributed by atoms with van der Waals surface area (Å²) in [6.07, 6.45) is 6.85. The summed E-state index contributed by atoms with van der Waals surface area (Å²) >= 11 is 0. The van der Waals surface area contributed by atoms with E-state index >= 15 is 0 Å². The van der Waals surface area contributed by atoms with Gasteiger partial charge in [-0.25, -0.2) is 0 Å². The fourth-order valence-electron chi connectivity index (χ4n) is 5.96. The molecule has 2 aromatic rings. The molecule has 4 rings (SSSR count). The van der Waals surface area contributed by atoms with Gasteiger partial charge in [-0.1, -0.05) is 25.3 Å². The number of H-pyrrole nitrogens is 2. The van der Waals surface area contributed by atoms with Crippen molar-refractivity contribution >= 4 is 30.3 Å². The fraction of sp³-hybridized carbons (Fsp3) is 0.333. The zero-order chi connectivity index (χ0) is 31.4. The molecular formula is C33H38N4O6. The van der Waals surface area contributed by atoms with Crippen LogP contribution in [0.25, 0.3) is 6.08 Å². The number of nitrogens with one attached hydrogen (secondary N) is 4. The lowest BCUT2D eigenvalue weighted by molar-refractivity contribution is -0.137. The molecule has 4 heterocycles. The van der Waals surface area contributed by atoms with Gasteiger partial charge >= 0.3 is 5.97 Å². The standard InChI is InChI=1S/C33H38N4O6/c1-7-21-20(6)32(41)37-28(21)14-26-19(5)24(11-12-43-16-38)30(35-26)15-29-23(9-10-31(39)40)18(4)25(34-29)13-27-17(3)22(8-2)33(42)36-27/h7-8,13,16,28,34-35H,1-2,9-12,14-15H2,3-6H3,(H,36,42)(H,37,41)(H,39,40)/b27-13-. The predicted molar refractivity (Wildman–Crippen MR) is 163 cm³/mol. The molecule has 1 unspecified atom stereocenters. The second kappa shape index (κ2) is 13.0. The molecule has 0 aliphatic carbocycles. The normalized spacial score (nSPS) is 17.5. The highest BCUT2D eigenvalue weighted by atomic mass is 16.5. The maximum Gasteiger partial charge on any atom is 0.303 e. The van der Waals surface area contributed by atoms with E-state index in [4.69, 9.17) is 4.74 Å². The number of carboxylic acids is 1. The number of carboxylic acid groups (broad SMARTS) is 1. The molecule has 0 saturated carbocycles. The molecule has 0 saturated heterocycles. The highest BCUT2D eigenvalue weighted by Gasteiger charge is 2.29. The molecule has 226 valence electrons. The second-order valence-corrected chi connectivity index (χ2v) is 10.9. The summed E-state index contributed by atoms with van der Waals surface area (Å²) in [5.74, 6) is -1.22. The smallest absolute Gasteiger partial charge is 0.303 e. The number of allylic oxidation sites excluding steroid dienone is 1. The molecule has 43 heavy (non-hydrogen) atoms. The molecule has 2 aliphatic heterocycles. The van der Waals surface area contributed by atoms with Gasteiger partial charge in [-0.05, 0) is 73.6 Å². The number of hydrogen-bond acceptors (Lipinski definition) is 5. The van der Waals surface area contributed by atoms with Crippen molar-refractivity contribution in [3.63, 3.8) is 0 Å². The molecule has 5 N–H and O–H groups in total. The van der Waals surface area contributed by atoms with Crippen molar-refractivity contribution in [1.82, 2.24) is 20.6 Å². The second-order valence-electron chi connectivity index (χ2n) is 10.9. The number of aliphatic carboxylic acids is 1. The van der Waals surface area contributed by atoms with Gasteiger partial charge in [-0.2, -0.15) is 0 Å². The Hall–Kier alpha value is -4.86. The van der Waals surface area contributed by atoms with Gasteiger partial charge in [0.25, 0.3) is 12.4 Å². The summed E-state index contributed by atoms with van der Waals surface area (Å²) in [6, 6.07) is -0.218. The van der Waals surface area contributed by atoms with Crippen molar-refractivity contribution in [2.24, 2.45) is 0 Å². The number of aromatic amines is 2. The van der Waals surface area contributed by atoms with Crippen molar-refractivity contribution in [2.75, 3.05) is 6.61 Å². The van der Waals surface area contributed by atoms with Crippen molar-refractivity contribution in [3.8, 4) is 0 Å². The van der Waals surface area contributed by atoms with Crippen LogP contribution in [0, 0.1) is 13.8 Å². The first-order chi connectivity index (χ1) is 20.5. The molecule has 0 aromatic carbocycles. The summed E-state index contributed by atoms with van der Waals surface area (Å²) in [5, 5.41) is 15.4. The fourth-order valence-corrected chi connectivity index (χ4v) is 5.96. The van der Waals surface area contributed by atoms with Crippen molar-refractivity contribution in [1.29, 1.82) is 0 Å². The predicted octanol–water partition coefficient (Wildman–Crippen LogP) is 3.80. The SMILES string of the molecule is C=CC1=C(C)/C(=C/c2[nH]c(Cc3[nH]c(CC4NC(=O)C(C)=C4C=C)c(C)c3CCOC=O)c(CCC(=O)O)c2C)NC1=O. The molecule has 2 aliphatic rings. The molecule has 0 spiro atoms. The molecular weight excluding hydrogens is 548 g/mol. The van der Waals surface area contributed by atoms with E-state index in [1.165, 1.54) is 6.08 Å². The minimum absolute atomic E-state index is 0.0373. The summed E-state index contributed by atoms with van der Waals surface area (Å²) in [5.41, 5.74) is 10.7. The van der Waals surface area contributed by atoms with Crippen molar-refractivity contribution in [3.05, 3.63) is 98.3 Å². The van der Waals surface area contributed by atoms with E-state index in [9.17, 15) is 24.3 Å². The zero-order valence-corrected chi connectivity index (χ0v) is 25.0. The van der Waals surface area contributed by atoms with Crippen LogP contribution < -0.4 is 10.6 Å². The Kier molecular flexibility index (Phi) is 9.38. The maximum atomic E-state index is 12.3. The lowest BCUT2D eigenvalue weighted by Crippen LogP contribution is -2.30. The van der Waals surface area contributed by atoms with Crippen LogP contribution in [0.15, 0.2) is 53.3 Å². The molecule has 0 bridgehead atoms. The summed E-state index contributed by atoms with van der Waals surface area (Å²) < 4.78 is 5.03. The number of carbonyl (C=O) groups excluding carboxylic acids is 3. The number of hydrogen-bond donors (Lipinski definition) is 5. The topological polar surface area (TPSA) is 153 Å². The molecule has 1 atom stereocenters. The molecule has 10 nitrogen and oxygen atoms in total. The first-order valence-corrected chi connectivity index (χ1v) is 14.2. The molecule has 2 aromatic heterocycles. The van der Waals surface area contributed by atoms with Crippen LogP contribution >= 0.6 is 0 Å². The summed E-state index contributed by atoms with van der Waals surface area (Å²) in [6.45, 7) is 15.8. The lowest BCUT2D eigenvalue weighted by atomic mass is 9.97. The summed E-state index contributed by atoms with van der Waals surface area (Å²) in [4.78, 5) is 54.1. The van der Waals surface area contributed by atoms with Crippen LogP contribution in [0.2, 0.25) is 0 Å². The van der Waals surface area contributed by atoms with Crippen LogP contribution in [0.3, 0.4) is 0 Å². The number of amides is 2. The molecule has 2 amide bonds. The van der Waals surface area contributed by atoms with Crippen molar-refractivity contribution < 1.29 is 29.0 Å². The van der Waals surface area contributed by atoms with E-state index in [1.807, 2.05) is 26.8 Å². The van der Waals surface area contributed by atoms with Crippen molar-refractivity contribution in [2.45, 2.75) is 65.8 Å². The Morgan fingerprint density at radius 2 is 1.63 bits per heavy atom. The van der Waals surface area contributed by atoms with Gasteiger partial charge in [0.05, 0.1) is 12.6 Å². The highest BCUT2D eigenvalue weighted by molar-refractivity contribution is 6.03. The average Bonchev–Trinajstić information content (AvgIpc) is 3.60. The van der Waals surface area contributed by atoms with Gasteiger partial charge in [0.15, 0.2) is 0 Å². The molecule has 0 radical (unpaired) electrons. The monoisotopic (exact) mass is 586 g/mol. The average molecular weight is 587 g/mol. The lowest BCUT2D eigenvalue weighted by Gasteiger charge is -2.13. The third-order valence-electron chi connectivity index (χ3n) is 8.43.